The number of hydrogen-bond acceptors (Lipinski definition) is 2. The van der Waals surface area contributed by atoms with Crippen molar-refractivity contribution < 1.29 is 4.39 Å². The van der Waals surface area contributed by atoms with E-state index in [-0.39, 0.29) is 11.9 Å². The van der Waals surface area contributed by atoms with Crippen LogP contribution in [-0.2, 0) is 0 Å². The van der Waals surface area contributed by atoms with Gasteiger partial charge < -0.3 is 10.6 Å². The third kappa shape index (κ3) is 3.24. The third-order valence-electron chi connectivity index (χ3n) is 4.01. The normalized spacial score (nSPS) is 12.3. The van der Waals surface area contributed by atoms with Gasteiger partial charge in [-0.3, -0.25) is 0 Å². The number of anilines is 1. The van der Waals surface area contributed by atoms with Crippen molar-refractivity contribution in [1.82, 2.24) is 0 Å². The summed E-state index contributed by atoms with van der Waals surface area (Å²) in [5.74, 6) is -0.207. The standard InChI is InChI=1S/C18H23FN2/c1-12-5-8-17(14(3)9-12)21(4)18(11-20)16-7-6-15(19)10-13(16)2/h5-10,18H,11,20H2,1-4H3. The van der Waals surface area contributed by atoms with Crippen LogP contribution in [0.2, 0.25) is 0 Å². The van der Waals surface area contributed by atoms with E-state index in [2.05, 4.69) is 36.9 Å². The van der Waals surface area contributed by atoms with E-state index in [4.69, 9.17) is 5.73 Å². The largest absolute Gasteiger partial charge is 0.366 e. The number of rotatable bonds is 4. The second-order valence-corrected chi connectivity index (χ2v) is 5.65. The van der Waals surface area contributed by atoms with Gasteiger partial charge in [0.1, 0.15) is 5.82 Å². The summed E-state index contributed by atoms with van der Waals surface area (Å²) >= 11 is 0. The molecule has 2 aromatic carbocycles. The molecule has 2 rings (SSSR count). The van der Waals surface area contributed by atoms with E-state index in [1.54, 1.807) is 6.07 Å². The second-order valence-electron chi connectivity index (χ2n) is 5.65. The fourth-order valence-electron chi connectivity index (χ4n) is 2.88. The van der Waals surface area contributed by atoms with Crippen LogP contribution in [0, 0.1) is 26.6 Å². The molecule has 0 saturated carbocycles. The van der Waals surface area contributed by atoms with Gasteiger partial charge in [-0.05, 0) is 55.7 Å². The van der Waals surface area contributed by atoms with Crippen LogP contribution in [0.3, 0.4) is 0 Å². The molecule has 2 N–H and O–H groups in total. The highest BCUT2D eigenvalue weighted by Crippen LogP contribution is 2.30. The van der Waals surface area contributed by atoms with E-state index in [0.29, 0.717) is 6.54 Å². The van der Waals surface area contributed by atoms with Crippen molar-refractivity contribution in [2.24, 2.45) is 5.73 Å². The van der Waals surface area contributed by atoms with Gasteiger partial charge in [0.25, 0.3) is 0 Å². The summed E-state index contributed by atoms with van der Waals surface area (Å²) in [4.78, 5) is 2.18. The zero-order valence-corrected chi connectivity index (χ0v) is 13.2. The smallest absolute Gasteiger partial charge is 0.123 e. The predicted molar refractivity (Wildman–Crippen MR) is 87.3 cm³/mol. The highest BCUT2D eigenvalue weighted by atomic mass is 19.1. The van der Waals surface area contributed by atoms with E-state index >= 15 is 0 Å². The average molecular weight is 286 g/mol. The van der Waals surface area contributed by atoms with E-state index in [1.807, 2.05) is 20.0 Å². The van der Waals surface area contributed by atoms with Gasteiger partial charge in [-0.2, -0.15) is 0 Å². The number of aryl methyl sites for hydroxylation is 3. The molecule has 0 aliphatic rings. The van der Waals surface area contributed by atoms with E-state index in [0.717, 1.165) is 16.8 Å². The lowest BCUT2D eigenvalue weighted by atomic mass is 9.98. The first kappa shape index (κ1) is 15.5. The van der Waals surface area contributed by atoms with Crippen LogP contribution in [0.5, 0.6) is 0 Å². The maximum atomic E-state index is 13.3. The van der Waals surface area contributed by atoms with Crippen molar-refractivity contribution in [2.45, 2.75) is 26.8 Å². The fraction of sp³-hybridized carbons (Fsp3) is 0.333. The molecule has 0 aliphatic heterocycles. The minimum atomic E-state index is -0.207. The Morgan fingerprint density at radius 1 is 1.05 bits per heavy atom. The lowest BCUT2D eigenvalue weighted by molar-refractivity contribution is 0.620. The van der Waals surface area contributed by atoms with Crippen LogP contribution < -0.4 is 10.6 Å². The summed E-state index contributed by atoms with van der Waals surface area (Å²) in [6.45, 7) is 6.60. The Hall–Kier alpha value is -1.87. The Labute approximate surface area is 126 Å². The Kier molecular flexibility index (Phi) is 4.63. The number of halogens is 1. The topological polar surface area (TPSA) is 29.3 Å². The number of benzene rings is 2. The average Bonchev–Trinajstić information content (AvgIpc) is 2.41. The molecule has 2 nitrogen and oxygen atoms in total. The van der Waals surface area contributed by atoms with E-state index < -0.39 is 0 Å². The van der Waals surface area contributed by atoms with Gasteiger partial charge >= 0.3 is 0 Å². The molecule has 0 spiro atoms. The lowest BCUT2D eigenvalue weighted by Gasteiger charge is -2.32. The molecule has 0 radical (unpaired) electrons. The molecule has 0 heterocycles. The molecule has 0 amide bonds. The highest BCUT2D eigenvalue weighted by molar-refractivity contribution is 5.56. The highest BCUT2D eigenvalue weighted by Gasteiger charge is 2.19. The zero-order valence-electron chi connectivity index (χ0n) is 13.2. The van der Waals surface area contributed by atoms with Crippen molar-refractivity contribution >= 4 is 5.69 Å². The molecule has 0 fully saturated rings. The monoisotopic (exact) mass is 286 g/mol. The van der Waals surface area contributed by atoms with Gasteiger partial charge in [0.05, 0.1) is 6.04 Å². The van der Waals surface area contributed by atoms with E-state index in [9.17, 15) is 4.39 Å². The fourth-order valence-corrected chi connectivity index (χ4v) is 2.88. The zero-order chi connectivity index (χ0) is 15.6. The molecule has 1 atom stereocenters. The van der Waals surface area contributed by atoms with E-state index in [1.165, 1.54) is 17.2 Å². The Bertz CT molecular complexity index is 637. The van der Waals surface area contributed by atoms with Crippen LogP contribution in [-0.4, -0.2) is 13.6 Å². The third-order valence-corrected chi connectivity index (χ3v) is 4.01. The Morgan fingerprint density at radius 2 is 1.76 bits per heavy atom. The maximum Gasteiger partial charge on any atom is 0.123 e. The minimum Gasteiger partial charge on any atom is -0.366 e. The quantitative estimate of drug-likeness (QED) is 0.924. The first-order valence-corrected chi connectivity index (χ1v) is 7.20. The van der Waals surface area contributed by atoms with Gasteiger partial charge in [0.2, 0.25) is 0 Å². The first-order chi connectivity index (χ1) is 9.93. The first-order valence-electron chi connectivity index (χ1n) is 7.20. The molecule has 112 valence electrons. The Morgan fingerprint density at radius 3 is 2.33 bits per heavy atom. The van der Waals surface area contributed by atoms with Crippen LogP contribution in [0.4, 0.5) is 10.1 Å². The SMILES string of the molecule is Cc1ccc(N(C)C(CN)c2ccc(F)cc2C)c(C)c1. The molecular formula is C18H23FN2. The molecule has 0 aliphatic carbocycles. The summed E-state index contributed by atoms with van der Waals surface area (Å²) in [5.41, 5.74) is 11.6. The summed E-state index contributed by atoms with van der Waals surface area (Å²) < 4.78 is 13.3. The maximum absolute atomic E-state index is 13.3. The number of nitrogens with two attached hydrogens (primary N) is 1. The van der Waals surface area contributed by atoms with Crippen molar-refractivity contribution in [3.63, 3.8) is 0 Å². The molecule has 0 bridgehead atoms. The van der Waals surface area contributed by atoms with Crippen molar-refractivity contribution in [3.05, 3.63) is 64.5 Å². The summed E-state index contributed by atoms with van der Waals surface area (Å²) in [5, 5.41) is 0. The van der Waals surface area contributed by atoms with Crippen LogP contribution in [0.15, 0.2) is 36.4 Å². The summed E-state index contributed by atoms with van der Waals surface area (Å²) in [7, 11) is 2.04. The lowest BCUT2D eigenvalue weighted by Crippen LogP contribution is -2.31. The molecule has 2 aromatic rings. The predicted octanol–water partition coefficient (Wildman–Crippen LogP) is 3.89. The number of hydrogen-bond donors (Lipinski definition) is 1. The van der Waals surface area contributed by atoms with Crippen LogP contribution in [0.1, 0.15) is 28.3 Å². The molecule has 1 unspecified atom stereocenters. The minimum absolute atomic E-state index is 0.0343. The van der Waals surface area contributed by atoms with Gasteiger partial charge in [0, 0.05) is 19.3 Å². The molecule has 0 saturated heterocycles. The van der Waals surface area contributed by atoms with Crippen molar-refractivity contribution in [1.29, 1.82) is 0 Å². The van der Waals surface area contributed by atoms with Crippen molar-refractivity contribution in [3.8, 4) is 0 Å². The number of nitrogens with zero attached hydrogens (tertiary/aromatic N) is 1. The molecule has 3 heteroatoms. The van der Waals surface area contributed by atoms with Gasteiger partial charge in [-0.1, -0.05) is 23.8 Å². The summed E-state index contributed by atoms with van der Waals surface area (Å²) in [6.07, 6.45) is 0. The van der Waals surface area contributed by atoms with Crippen LogP contribution >= 0.6 is 0 Å². The number of likely N-dealkylation sites (N-methyl/N-ethyl adjacent to an activating group) is 1. The van der Waals surface area contributed by atoms with Gasteiger partial charge in [-0.15, -0.1) is 0 Å². The van der Waals surface area contributed by atoms with Crippen LogP contribution in [0.25, 0.3) is 0 Å². The molecular weight excluding hydrogens is 263 g/mol. The second kappa shape index (κ2) is 6.27. The summed E-state index contributed by atoms with van der Waals surface area (Å²) in [6, 6.07) is 11.3. The van der Waals surface area contributed by atoms with Gasteiger partial charge in [0.15, 0.2) is 0 Å². The Balaban J connectivity index is 2.40. The van der Waals surface area contributed by atoms with Crippen molar-refractivity contribution in [2.75, 3.05) is 18.5 Å². The molecule has 0 aromatic heterocycles. The van der Waals surface area contributed by atoms with Gasteiger partial charge in [-0.25, -0.2) is 4.39 Å². The molecule has 21 heavy (non-hydrogen) atoms.